The minimum absolute atomic E-state index is 0.0841. The molecule has 2 fully saturated rings. The lowest BCUT2D eigenvalue weighted by molar-refractivity contribution is 0.0667. The summed E-state index contributed by atoms with van der Waals surface area (Å²) in [5, 5.41) is 5.80. The summed E-state index contributed by atoms with van der Waals surface area (Å²) in [5.41, 5.74) is 1.69. The topological polar surface area (TPSA) is 61.4 Å². The second kappa shape index (κ2) is 4.81. The minimum Gasteiger partial charge on any atom is -0.338 e. The molecule has 2 aliphatic rings. The second-order valence-corrected chi connectivity index (χ2v) is 5.75. The Hall–Kier alpha value is -2.04. The number of nitrogens with one attached hydrogen (secondary N) is 2. The molecule has 2 N–H and O–H groups in total. The third-order valence-corrected chi connectivity index (χ3v) is 4.24. The van der Waals surface area contributed by atoms with Gasteiger partial charge in [-0.3, -0.25) is 4.79 Å². The number of nitrogens with zero attached hydrogens (tertiary/aromatic N) is 1. The predicted octanol–water partition coefficient (Wildman–Crippen LogP) is 1.28. The molecule has 106 valence electrons. The fourth-order valence-corrected chi connectivity index (χ4v) is 2.98. The van der Waals surface area contributed by atoms with E-state index in [1.165, 1.54) is 0 Å². The van der Waals surface area contributed by atoms with Gasteiger partial charge in [-0.2, -0.15) is 0 Å². The highest BCUT2D eigenvalue weighted by Gasteiger charge is 2.41. The molecular formula is C15H19N3O2. The molecule has 0 unspecified atom stereocenters. The molecular weight excluding hydrogens is 254 g/mol. The Kier molecular flexibility index (Phi) is 3.12. The molecule has 3 amide bonds. The van der Waals surface area contributed by atoms with Crippen LogP contribution in [0.3, 0.4) is 0 Å². The first kappa shape index (κ1) is 13.0. The number of benzene rings is 1. The largest absolute Gasteiger partial charge is 0.338 e. The highest BCUT2D eigenvalue weighted by atomic mass is 16.2. The maximum atomic E-state index is 12.4. The van der Waals surface area contributed by atoms with Crippen molar-refractivity contribution >= 4 is 11.9 Å². The Morgan fingerprint density at radius 1 is 1.30 bits per heavy atom. The predicted molar refractivity (Wildman–Crippen MR) is 75.6 cm³/mol. The Balaban J connectivity index is 1.66. The van der Waals surface area contributed by atoms with Gasteiger partial charge >= 0.3 is 6.03 Å². The molecule has 0 bridgehead atoms. The number of carbonyl (C=O) groups excluding carboxylic acids is 2. The molecule has 0 radical (unpaired) electrons. The van der Waals surface area contributed by atoms with Gasteiger partial charge in [-0.25, -0.2) is 4.79 Å². The van der Waals surface area contributed by atoms with Crippen LogP contribution in [0, 0.1) is 6.92 Å². The van der Waals surface area contributed by atoms with Crippen LogP contribution < -0.4 is 10.6 Å². The maximum absolute atomic E-state index is 12.4. The minimum atomic E-state index is -0.152. The number of amides is 3. The van der Waals surface area contributed by atoms with Crippen LogP contribution >= 0.6 is 0 Å². The molecule has 5 heteroatoms. The molecule has 3 rings (SSSR count). The molecule has 20 heavy (non-hydrogen) atoms. The summed E-state index contributed by atoms with van der Waals surface area (Å²) in [4.78, 5) is 25.6. The number of hydrogen-bond donors (Lipinski definition) is 2. The molecule has 1 aromatic carbocycles. The van der Waals surface area contributed by atoms with Gasteiger partial charge in [0.05, 0.1) is 5.54 Å². The Labute approximate surface area is 118 Å². The van der Waals surface area contributed by atoms with Gasteiger partial charge in [0.1, 0.15) is 0 Å². The van der Waals surface area contributed by atoms with Gasteiger partial charge in [-0.1, -0.05) is 17.7 Å². The van der Waals surface area contributed by atoms with E-state index in [9.17, 15) is 9.59 Å². The number of urea groups is 1. The van der Waals surface area contributed by atoms with Crippen LogP contribution in [0.1, 0.15) is 28.8 Å². The zero-order valence-electron chi connectivity index (χ0n) is 11.6. The molecule has 1 spiro atoms. The molecule has 0 aliphatic carbocycles. The van der Waals surface area contributed by atoms with E-state index in [1.807, 2.05) is 36.1 Å². The van der Waals surface area contributed by atoms with Gasteiger partial charge in [0, 0.05) is 25.2 Å². The normalized spacial score (nSPS) is 20.6. The van der Waals surface area contributed by atoms with Crippen LogP contribution in [0.2, 0.25) is 0 Å². The Morgan fingerprint density at radius 2 is 2.05 bits per heavy atom. The van der Waals surface area contributed by atoms with Gasteiger partial charge in [-0.15, -0.1) is 0 Å². The van der Waals surface area contributed by atoms with E-state index in [1.54, 1.807) is 0 Å². The van der Waals surface area contributed by atoms with Crippen molar-refractivity contribution in [3.05, 3.63) is 35.4 Å². The van der Waals surface area contributed by atoms with Crippen molar-refractivity contribution in [2.45, 2.75) is 25.3 Å². The summed E-state index contributed by atoms with van der Waals surface area (Å²) in [6.07, 6.45) is 1.62. The summed E-state index contributed by atoms with van der Waals surface area (Å²) in [5.74, 6) is 0.0841. The number of hydrogen-bond acceptors (Lipinski definition) is 2. The monoisotopic (exact) mass is 273 g/mol. The second-order valence-electron chi connectivity index (χ2n) is 5.75. The SMILES string of the molecule is Cc1cccc(C(=O)N2CCC3(CC2)CNC(=O)N3)c1. The highest BCUT2D eigenvalue weighted by molar-refractivity contribution is 5.94. The van der Waals surface area contributed by atoms with Crippen molar-refractivity contribution in [3.63, 3.8) is 0 Å². The summed E-state index contributed by atoms with van der Waals surface area (Å²) < 4.78 is 0. The van der Waals surface area contributed by atoms with Crippen LogP contribution in [0.25, 0.3) is 0 Å². The highest BCUT2D eigenvalue weighted by Crippen LogP contribution is 2.25. The van der Waals surface area contributed by atoms with E-state index >= 15 is 0 Å². The van der Waals surface area contributed by atoms with E-state index in [0.29, 0.717) is 19.6 Å². The number of piperidine rings is 1. The summed E-state index contributed by atoms with van der Waals surface area (Å²) in [6, 6.07) is 7.59. The molecule has 2 heterocycles. The molecule has 2 saturated heterocycles. The zero-order valence-corrected chi connectivity index (χ0v) is 11.6. The standard InChI is InChI=1S/C15H19N3O2/c1-11-3-2-4-12(9-11)13(19)18-7-5-15(6-8-18)10-16-14(20)17-15/h2-4,9H,5-8,10H2,1H3,(H2,16,17,20). The van der Waals surface area contributed by atoms with E-state index < -0.39 is 0 Å². The van der Waals surface area contributed by atoms with Crippen LogP contribution in [-0.4, -0.2) is 42.0 Å². The van der Waals surface area contributed by atoms with Crippen molar-refractivity contribution in [2.75, 3.05) is 19.6 Å². The fourth-order valence-electron chi connectivity index (χ4n) is 2.98. The quantitative estimate of drug-likeness (QED) is 0.810. The van der Waals surface area contributed by atoms with Gasteiger partial charge in [0.15, 0.2) is 0 Å². The molecule has 1 aromatic rings. The summed E-state index contributed by atoms with van der Waals surface area (Å²) in [6.45, 7) is 4.03. The maximum Gasteiger partial charge on any atom is 0.315 e. The van der Waals surface area contributed by atoms with Crippen LogP contribution in [0.4, 0.5) is 4.79 Å². The van der Waals surface area contributed by atoms with Crippen molar-refractivity contribution in [3.8, 4) is 0 Å². The Bertz CT molecular complexity index is 548. The third-order valence-electron chi connectivity index (χ3n) is 4.24. The van der Waals surface area contributed by atoms with Crippen molar-refractivity contribution in [2.24, 2.45) is 0 Å². The van der Waals surface area contributed by atoms with E-state index in [-0.39, 0.29) is 17.5 Å². The first-order chi connectivity index (χ1) is 9.58. The lowest BCUT2D eigenvalue weighted by Gasteiger charge is -2.38. The van der Waals surface area contributed by atoms with Crippen LogP contribution in [0.5, 0.6) is 0 Å². The van der Waals surface area contributed by atoms with Crippen molar-refractivity contribution in [1.82, 2.24) is 15.5 Å². The Morgan fingerprint density at radius 3 is 2.65 bits per heavy atom. The first-order valence-electron chi connectivity index (χ1n) is 7.00. The number of rotatable bonds is 1. The molecule has 0 atom stereocenters. The zero-order chi connectivity index (χ0) is 14.2. The van der Waals surface area contributed by atoms with Crippen molar-refractivity contribution in [1.29, 1.82) is 0 Å². The van der Waals surface area contributed by atoms with Gasteiger partial charge < -0.3 is 15.5 Å². The average Bonchev–Trinajstić information content (AvgIpc) is 2.80. The summed E-state index contributed by atoms with van der Waals surface area (Å²) >= 11 is 0. The van der Waals surface area contributed by atoms with E-state index in [2.05, 4.69) is 10.6 Å². The lowest BCUT2D eigenvalue weighted by Crippen LogP contribution is -2.53. The van der Waals surface area contributed by atoms with Gasteiger partial charge in [0.2, 0.25) is 0 Å². The van der Waals surface area contributed by atoms with Crippen LogP contribution in [-0.2, 0) is 0 Å². The van der Waals surface area contributed by atoms with Gasteiger partial charge in [0.25, 0.3) is 5.91 Å². The van der Waals surface area contributed by atoms with Gasteiger partial charge in [-0.05, 0) is 31.9 Å². The molecule has 5 nitrogen and oxygen atoms in total. The smallest absolute Gasteiger partial charge is 0.315 e. The molecule has 0 saturated carbocycles. The number of carbonyl (C=O) groups is 2. The van der Waals surface area contributed by atoms with Crippen molar-refractivity contribution < 1.29 is 9.59 Å². The first-order valence-corrected chi connectivity index (χ1v) is 7.00. The summed E-state index contributed by atoms with van der Waals surface area (Å²) in [7, 11) is 0. The number of aryl methyl sites for hydroxylation is 1. The third kappa shape index (κ3) is 2.35. The molecule has 2 aliphatic heterocycles. The number of likely N-dealkylation sites (tertiary alicyclic amines) is 1. The fraction of sp³-hybridized carbons (Fsp3) is 0.467. The van der Waals surface area contributed by atoms with E-state index in [4.69, 9.17) is 0 Å². The van der Waals surface area contributed by atoms with E-state index in [0.717, 1.165) is 24.0 Å². The lowest BCUT2D eigenvalue weighted by atomic mass is 9.88. The van der Waals surface area contributed by atoms with Crippen LogP contribution in [0.15, 0.2) is 24.3 Å². The molecule has 0 aromatic heterocycles. The average molecular weight is 273 g/mol.